The molecular formula is C11H23IN4O. The van der Waals surface area contributed by atoms with Gasteiger partial charge in [0, 0.05) is 26.2 Å². The number of guanidine groups is 1. The lowest BCUT2D eigenvalue weighted by Gasteiger charge is -2.26. The Morgan fingerprint density at radius 2 is 2.12 bits per heavy atom. The van der Waals surface area contributed by atoms with Gasteiger partial charge in [-0.05, 0) is 6.92 Å². The van der Waals surface area contributed by atoms with Crippen LogP contribution in [0.1, 0.15) is 6.92 Å². The molecule has 1 fully saturated rings. The molecule has 1 heterocycles. The Balaban J connectivity index is 0.00000256. The van der Waals surface area contributed by atoms with E-state index in [1.54, 1.807) is 0 Å². The van der Waals surface area contributed by atoms with E-state index in [4.69, 9.17) is 10.5 Å². The molecule has 0 aromatic heterocycles. The molecule has 5 nitrogen and oxygen atoms in total. The van der Waals surface area contributed by atoms with Gasteiger partial charge in [0.05, 0.1) is 19.8 Å². The summed E-state index contributed by atoms with van der Waals surface area (Å²) in [5.41, 5.74) is 6.70. The van der Waals surface area contributed by atoms with Crippen molar-refractivity contribution in [3.8, 4) is 0 Å². The number of ether oxygens (including phenoxy) is 1. The van der Waals surface area contributed by atoms with Gasteiger partial charge in [0.25, 0.3) is 0 Å². The van der Waals surface area contributed by atoms with Gasteiger partial charge < -0.3 is 15.8 Å². The van der Waals surface area contributed by atoms with Crippen LogP contribution in [-0.2, 0) is 4.74 Å². The fourth-order valence-corrected chi connectivity index (χ4v) is 1.44. The third-order valence-corrected chi connectivity index (χ3v) is 2.36. The molecule has 0 aromatic rings. The topological polar surface area (TPSA) is 62.9 Å². The van der Waals surface area contributed by atoms with Crippen molar-refractivity contribution >= 4 is 29.9 Å². The summed E-state index contributed by atoms with van der Waals surface area (Å²) in [7, 11) is 0. The highest BCUT2D eigenvalue weighted by atomic mass is 127. The molecule has 0 amide bonds. The molecule has 17 heavy (non-hydrogen) atoms. The van der Waals surface area contributed by atoms with Crippen molar-refractivity contribution in [1.29, 1.82) is 0 Å². The van der Waals surface area contributed by atoms with Crippen molar-refractivity contribution in [3.05, 3.63) is 12.2 Å². The summed E-state index contributed by atoms with van der Waals surface area (Å²) in [6.45, 7) is 11.8. The predicted octanol–water partition coefficient (Wildman–Crippen LogP) is 0.417. The maximum absolute atomic E-state index is 5.69. The molecule has 0 unspecified atom stereocenters. The quantitative estimate of drug-likeness (QED) is 0.325. The van der Waals surface area contributed by atoms with Crippen LogP contribution < -0.4 is 11.1 Å². The average molecular weight is 354 g/mol. The van der Waals surface area contributed by atoms with Crippen LogP contribution in [0.15, 0.2) is 17.1 Å². The number of hydrogen-bond donors (Lipinski definition) is 2. The van der Waals surface area contributed by atoms with Gasteiger partial charge in [-0.3, -0.25) is 4.90 Å². The van der Waals surface area contributed by atoms with E-state index in [0.717, 1.165) is 45.0 Å². The molecule has 3 N–H and O–H groups in total. The van der Waals surface area contributed by atoms with E-state index < -0.39 is 0 Å². The first-order valence-electron chi connectivity index (χ1n) is 5.67. The molecule has 0 bridgehead atoms. The molecule has 0 spiro atoms. The van der Waals surface area contributed by atoms with Crippen molar-refractivity contribution in [2.24, 2.45) is 10.7 Å². The summed E-state index contributed by atoms with van der Waals surface area (Å²) in [5, 5.41) is 3.09. The minimum atomic E-state index is 0. The number of hydrogen-bond acceptors (Lipinski definition) is 3. The van der Waals surface area contributed by atoms with Gasteiger partial charge in [-0.1, -0.05) is 12.2 Å². The molecule has 1 aliphatic heterocycles. The summed E-state index contributed by atoms with van der Waals surface area (Å²) in [6, 6.07) is 0. The van der Waals surface area contributed by atoms with Crippen LogP contribution in [0.5, 0.6) is 0 Å². The zero-order valence-electron chi connectivity index (χ0n) is 10.4. The Morgan fingerprint density at radius 3 is 2.71 bits per heavy atom. The number of nitrogens with zero attached hydrogens (tertiary/aromatic N) is 2. The number of halogens is 1. The fourth-order valence-electron chi connectivity index (χ4n) is 1.44. The largest absolute Gasteiger partial charge is 0.379 e. The summed E-state index contributed by atoms with van der Waals surface area (Å²) in [6.07, 6.45) is 0. The normalized spacial score (nSPS) is 17.4. The van der Waals surface area contributed by atoms with E-state index in [-0.39, 0.29) is 24.0 Å². The maximum Gasteiger partial charge on any atom is 0.188 e. The van der Waals surface area contributed by atoms with Gasteiger partial charge in [-0.25, -0.2) is 4.99 Å². The second-order valence-corrected chi connectivity index (χ2v) is 4.04. The van der Waals surface area contributed by atoms with Crippen LogP contribution in [0.2, 0.25) is 0 Å². The Hall–Kier alpha value is -0.340. The standard InChI is InChI=1S/C11H22N4O.HI/c1-10(2)9-14-11(12)13-3-4-15-5-7-16-8-6-15;/h1,3-9H2,2H3,(H3,12,13,14);1H. The monoisotopic (exact) mass is 354 g/mol. The Bertz CT molecular complexity index is 252. The van der Waals surface area contributed by atoms with Crippen LogP contribution in [0, 0.1) is 0 Å². The van der Waals surface area contributed by atoms with Crippen LogP contribution in [-0.4, -0.2) is 56.8 Å². The van der Waals surface area contributed by atoms with E-state index >= 15 is 0 Å². The van der Waals surface area contributed by atoms with Gasteiger partial charge in [0.15, 0.2) is 5.96 Å². The van der Waals surface area contributed by atoms with Crippen LogP contribution in [0.4, 0.5) is 0 Å². The van der Waals surface area contributed by atoms with Crippen molar-refractivity contribution in [3.63, 3.8) is 0 Å². The predicted molar refractivity (Wildman–Crippen MR) is 82.0 cm³/mol. The first-order chi connectivity index (χ1) is 7.68. The SMILES string of the molecule is C=C(C)CN=C(N)NCCN1CCOCC1.I. The molecule has 0 radical (unpaired) electrons. The Morgan fingerprint density at radius 1 is 1.47 bits per heavy atom. The molecule has 100 valence electrons. The van der Waals surface area contributed by atoms with Crippen molar-refractivity contribution < 1.29 is 4.74 Å². The molecule has 0 aliphatic carbocycles. The van der Waals surface area contributed by atoms with Crippen molar-refractivity contribution in [2.75, 3.05) is 45.9 Å². The molecule has 6 heteroatoms. The van der Waals surface area contributed by atoms with Crippen LogP contribution in [0.25, 0.3) is 0 Å². The molecule has 1 aliphatic rings. The van der Waals surface area contributed by atoms with E-state index in [1.807, 2.05) is 6.92 Å². The zero-order valence-corrected chi connectivity index (χ0v) is 12.8. The molecule has 1 saturated heterocycles. The van der Waals surface area contributed by atoms with E-state index in [1.165, 1.54) is 0 Å². The van der Waals surface area contributed by atoms with Crippen molar-refractivity contribution in [1.82, 2.24) is 10.2 Å². The highest BCUT2D eigenvalue weighted by Gasteiger charge is 2.08. The lowest BCUT2D eigenvalue weighted by molar-refractivity contribution is 0.0389. The second kappa shape index (κ2) is 9.67. The lowest BCUT2D eigenvalue weighted by Crippen LogP contribution is -2.43. The van der Waals surface area contributed by atoms with Crippen molar-refractivity contribution in [2.45, 2.75) is 6.92 Å². The number of rotatable bonds is 5. The smallest absolute Gasteiger partial charge is 0.188 e. The fraction of sp³-hybridized carbons (Fsp3) is 0.727. The van der Waals surface area contributed by atoms with E-state index in [0.29, 0.717) is 12.5 Å². The highest BCUT2D eigenvalue weighted by Crippen LogP contribution is 1.94. The lowest BCUT2D eigenvalue weighted by atomic mass is 10.4. The number of nitrogens with two attached hydrogens (primary N) is 1. The van der Waals surface area contributed by atoms with Gasteiger partial charge >= 0.3 is 0 Å². The molecule has 0 aromatic carbocycles. The third-order valence-electron chi connectivity index (χ3n) is 2.36. The summed E-state index contributed by atoms with van der Waals surface area (Å²) < 4.78 is 5.27. The highest BCUT2D eigenvalue weighted by molar-refractivity contribution is 14.0. The van der Waals surface area contributed by atoms with Gasteiger partial charge in [-0.15, -0.1) is 24.0 Å². The number of aliphatic imine (C=N–C) groups is 1. The average Bonchev–Trinajstić information content (AvgIpc) is 2.28. The van der Waals surface area contributed by atoms with Gasteiger partial charge in [0.1, 0.15) is 0 Å². The molecule has 0 atom stereocenters. The molecular weight excluding hydrogens is 331 g/mol. The zero-order chi connectivity index (χ0) is 11.8. The van der Waals surface area contributed by atoms with E-state index in [2.05, 4.69) is 21.8 Å². The molecule has 0 saturated carbocycles. The van der Waals surface area contributed by atoms with Crippen LogP contribution >= 0.6 is 24.0 Å². The summed E-state index contributed by atoms with van der Waals surface area (Å²) in [4.78, 5) is 6.50. The summed E-state index contributed by atoms with van der Waals surface area (Å²) >= 11 is 0. The van der Waals surface area contributed by atoms with Gasteiger partial charge in [-0.2, -0.15) is 0 Å². The third kappa shape index (κ3) is 8.39. The second-order valence-electron chi connectivity index (χ2n) is 4.04. The summed E-state index contributed by atoms with van der Waals surface area (Å²) in [5.74, 6) is 0.497. The van der Waals surface area contributed by atoms with Crippen LogP contribution in [0.3, 0.4) is 0 Å². The van der Waals surface area contributed by atoms with Gasteiger partial charge in [0.2, 0.25) is 0 Å². The molecule has 1 rings (SSSR count). The number of morpholine rings is 1. The first-order valence-corrected chi connectivity index (χ1v) is 5.67. The van der Waals surface area contributed by atoms with E-state index in [9.17, 15) is 0 Å². The Labute approximate surface area is 120 Å². The maximum atomic E-state index is 5.69. The Kier molecular flexibility index (Phi) is 9.47. The minimum absolute atomic E-state index is 0. The minimum Gasteiger partial charge on any atom is -0.379 e. The number of nitrogens with one attached hydrogen (secondary N) is 1. The first kappa shape index (κ1) is 16.7.